The summed E-state index contributed by atoms with van der Waals surface area (Å²) in [6.45, 7) is 0. The third-order valence-corrected chi connectivity index (χ3v) is 2.96. The summed E-state index contributed by atoms with van der Waals surface area (Å²) < 4.78 is 21.2. The maximum absolute atomic E-state index is 10.8. The van der Waals surface area contributed by atoms with E-state index >= 15 is 0 Å². The summed E-state index contributed by atoms with van der Waals surface area (Å²) in [7, 11) is -2.46. The molecule has 0 radical (unpaired) electrons. The van der Waals surface area contributed by atoms with Gasteiger partial charge in [0.2, 0.25) is 0 Å². The van der Waals surface area contributed by atoms with Gasteiger partial charge in [0, 0.05) is 5.56 Å². The van der Waals surface area contributed by atoms with E-state index in [1.165, 1.54) is 6.34 Å². The average molecular weight is 238 g/mol. The predicted octanol–water partition coefficient (Wildman–Crippen LogP) is 0.301. The molecule has 16 heavy (non-hydrogen) atoms. The molecular weight excluding hydrogens is 228 g/mol. The zero-order valence-electron chi connectivity index (χ0n) is 8.29. The van der Waals surface area contributed by atoms with Crippen LogP contribution in [-0.4, -0.2) is 21.0 Å². The zero-order valence-corrected chi connectivity index (χ0v) is 9.18. The Morgan fingerprint density at radius 1 is 1.44 bits per heavy atom. The van der Waals surface area contributed by atoms with Gasteiger partial charge in [0.1, 0.15) is 23.0 Å². The van der Waals surface area contributed by atoms with Gasteiger partial charge in [-0.1, -0.05) is 12.1 Å². The molecule has 1 aliphatic rings. The van der Waals surface area contributed by atoms with Crippen LogP contribution in [0.4, 0.5) is 5.69 Å². The van der Waals surface area contributed by atoms with E-state index in [9.17, 15) is 13.2 Å². The predicted molar refractivity (Wildman–Crippen MR) is 60.6 cm³/mol. The Labute approximate surface area is 94.1 Å². The van der Waals surface area contributed by atoms with E-state index in [2.05, 4.69) is 10.3 Å². The van der Waals surface area contributed by atoms with Crippen LogP contribution in [0.3, 0.4) is 0 Å². The molecule has 0 aromatic heterocycles. The minimum atomic E-state index is -2.46. The van der Waals surface area contributed by atoms with Gasteiger partial charge in [-0.25, -0.2) is 13.4 Å². The van der Waals surface area contributed by atoms with E-state index in [4.69, 9.17) is 0 Å². The van der Waals surface area contributed by atoms with Crippen LogP contribution in [0.2, 0.25) is 0 Å². The lowest BCUT2D eigenvalue weighted by Crippen LogP contribution is -2.23. The van der Waals surface area contributed by atoms with E-state index in [0.29, 0.717) is 16.8 Å². The number of nitrogens with one attached hydrogen (secondary N) is 1. The van der Waals surface area contributed by atoms with E-state index in [0.717, 1.165) is 6.29 Å². The van der Waals surface area contributed by atoms with Gasteiger partial charge in [-0.15, -0.1) is 0 Å². The van der Waals surface area contributed by atoms with Crippen LogP contribution in [-0.2, 0) is 21.3 Å². The van der Waals surface area contributed by atoms with Crippen molar-refractivity contribution < 1.29 is 13.2 Å². The molecule has 0 fully saturated rings. The number of thiol groups is 1. The fourth-order valence-corrected chi connectivity index (χ4v) is 2.10. The van der Waals surface area contributed by atoms with E-state index in [1.807, 2.05) is 0 Å². The average Bonchev–Trinajstić information content (AvgIpc) is 2.27. The number of hydrogen-bond donors (Lipinski definition) is 2. The van der Waals surface area contributed by atoms with E-state index in [-0.39, 0.29) is 5.75 Å². The molecule has 0 bridgehead atoms. The zero-order chi connectivity index (χ0) is 11.5. The Hall–Kier alpha value is -1.69. The Balaban J connectivity index is 2.42. The van der Waals surface area contributed by atoms with E-state index < -0.39 is 16.7 Å². The summed E-state index contributed by atoms with van der Waals surface area (Å²) in [5.41, 5.74) is 2.08. The number of aliphatic imine (C=N–C) groups is 1. The first-order valence-electron chi connectivity index (χ1n) is 4.69. The number of hydrogen-bond acceptors (Lipinski definition) is 5. The highest BCUT2D eigenvalue weighted by atomic mass is 32.2. The van der Waals surface area contributed by atoms with Crippen LogP contribution >= 0.6 is 0 Å². The van der Waals surface area contributed by atoms with Crippen molar-refractivity contribution in [2.75, 3.05) is 0 Å². The number of aldehydes is 1. The molecule has 0 saturated carbocycles. The molecule has 6 heteroatoms. The number of benzene rings is 1. The molecule has 0 amide bonds. The summed E-state index contributed by atoms with van der Waals surface area (Å²) in [5, 5.41) is 2.79. The quantitative estimate of drug-likeness (QED) is 0.586. The second kappa shape index (κ2) is 4.44. The molecular formula is C10H10N2O3S. The SMILES string of the molecule is O=CC1NC=Nc2ccc(C[SH](=O)=O)cc21. The summed E-state index contributed by atoms with van der Waals surface area (Å²) in [5.74, 6) is -0.0160. The van der Waals surface area contributed by atoms with Crippen molar-refractivity contribution in [2.45, 2.75) is 11.8 Å². The number of fused-ring (bicyclic) bond motifs is 1. The lowest BCUT2D eigenvalue weighted by molar-refractivity contribution is -0.109. The molecule has 1 heterocycles. The monoisotopic (exact) mass is 238 g/mol. The Morgan fingerprint density at radius 3 is 2.94 bits per heavy atom. The first-order chi connectivity index (χ1) is 7.70. The van der Waals surface area contributed by atoms with Crippen molar-refractivity contribution >= 4 is 29.0 Å². The third-order valence-electron chi connectivity index (χ3n) is 2.33. The highest BCUT2D eigenvalue weighted by Gasteiger charge is 2.16. The van der Waals surface area contributed by atoms with Crippen molar-refractivity contribution in [1.29, 1.82) is 0 Å². The maximum atomic E-state index is 10.8. The molecule has 84 valence electrons. The second-order valence-electron chi connectivity index (χ2n) is 3.42. The van der Waals surface area contributed by atoms with Crippen LogP contribution in [0, 0.1) is 0 Å². The Bertz CT molecular complexity index is 515. The largest absolute Gasteiger partial charge is 0.363 e. The van der Waals surface area contributed by atoms with Crippen molar-refractivity contribution in [3.05, 3.63) is 29.3 Å². The fraction of sp³-hybridized carbons (Fsp3) is 0.200. The van der Waals surface area contributed by atoms with Crippen molar-refractivity contribution in [2.24, 2.45) is 4.99 Å². The lowest BCUT2D eigenvalue weighted by atomic mass is 10.0. The molecule has 1 aromatic carbocycles. The van der Waals surface area contributed by atoms with Crippen LogP contribution < -0.4 is 5.32 Å². The third kappa shape index (κ3) is 2.11. The van der Waals surface area contributed by atoms with Crippen molar-refractivity contribution in [3.8, 4) is 0 Å². The van der Waals surface area contributed by atoms with Gasteiger partial charge < -0.3 is 10.1 Å². The molecule has 1 aliphatic heterocycles. The van der Waals surface area contributed by atoms with E-state index in [1.54, 1.807) is 18.2 Å². The van der Waals surface area contributed by atoms with Gasteiger partial charge in [-0.05, 0) is 11.6 Å². The van der Waals surface area contributed by atoms with Gasteiger partial charge in [0.25, 0.3) is 0 Å². The number of carbonyl (C=O) groups is 1. The highest BCUT2D eigenvalue weighted by Crippen LogP contribution is 2.28. The number of nitrogens with zero attached hydrogens (tertiary/aromatic N) is 1. The standard InChI is InChI=1S/C10H10N2O3S/c13-4-10-8-3-7(5-16(14)15)1-2-9(8)11-6-12-10/h1-4,6,10,16H,5H2,(H,11,12). The van der Waals surface area contributed by atoms with Gasteiger partial charge >= 0.3 is 0 Å². The van der Waals surface area contributed by atoms with Crippen LogP contribution in [0.25, 0.3) is 0 Å². The molecule has 0 saturated heterocycles. The minimum Gasteiger partial charge on any atom is -0.363 e. The summed E-state index contributed by atoms with van der Waals surface area (Å²) in [6, 6.07) is 4.67. The topological polar surface area (TPSA) is 75.6 Å². The molecule has 1 atom stereocenters. The molecule has 2 rings (SSSR count). The van der Waals surface area contributed by atoms with Gasteiger partial charge in [0.15, 0.2) is 0 Å². The van der Waals surface area contributed by atoms with Crippen molar-refractivity contribution in [3.63, 3.8) is 0 Å². The maximum Gasteiger partial charge on any atom is 0.146 e. The van der Waals surface area contributed by atoms with Crippen LogP contribution in [0.15, 0.2) is 23.2 Å². The summed E-state index contributed by atoms with van der Waals surface area (Å²) in [6.07, 6.45) is 2.24. The van der Waals surface area contributed by atoms with Gasteiger partial charge in [-0.2, -0.15) is 0 Å². The molecule has 1 unspecified atom stereocenters. The molecule has 0 aliphatic carbocycles. The van der Waals surface area contributed by atoms with Crippen LogP contribution in [0.1, 0.15) is 17.2 Å². The number of carbonyl (C=O) groups excluding carboxylic acids is 1. The van der Waals surface area contributed by atoms with Gasteiger partial charge in [-0.3, -0.25) is 0 Å². The van der Waals surface area contributed by atoms with Crippen LogP contribution in [0.5, 0.6) is 0 Å². The first-order valence-corrected chi connectivity index (χ1v) is 6.05. The summed E-state index contributed by atoms with van der Waals surface area (Å²) in [4.78, 5) is 14.9. The Kier molecular flexibility index (Phi) is 3.00. The molecule has 1 N–H and O–H groups in total. The molecule has 0 spiro atoms. The van der Waals surface area contributed by atoms with Gasteiger partial charge in [0.05, 0.1) is 17.8 Å². The Morgan fingerprint density at radius 2 is 2.25 bits per heavy atom. The normalized spacial score (nSPS) is 17.9. The van der Waals surface area contributed by atoms with Crippen molar-refractivity contribution in [1.82, 2.24) is 5.32 Å². The highest BCUT2D eigenvalue weighted by molar-refractivity contribution is 7.71. The second-order valence-corrected chi connectivity index (χ2v) is 4.40. The number of rotatable bonds is 3. The summed E-state index contributed by atoms with van der Waals surface area (Å²) >= 11 is 0. The lowest BCUT2D eigenvalue weighted by Gasteiger charge is -2.18. The minimum absolute atomic E-state index is 0.0160. The molecule has 1 aromatic rings. The molecule has 5 nitrogen and oxygen atoms in total. The fourth-order valence-electron chi connectivity index (χ4n) is 1.61. The first kappa shape index (κ1) is 10.8. The smallest absolute Gasteiger partial charge is 0.146 e.